The van der Waals surface area contributed by atoms with Gasteiger partial charge in [-0.3, -0.25) is 0 Å². The van der Waals surface area contributed by atoms with Crippen molar-refractivity contribution in [2.75, 3.05) is 0 Å². The summed E-state index contributed by atoms with van der Waals surface area (Å²) in [5.41, 5.74) is 1.44. The van der Waals surface area contributed by atoms with E-state index in [-0.39, 0.29) is 0 Å². The Hall–Kier alpha value is -1.07. The van der Waals surface area contributed by atoms with Crippen LogP contribution in [-0.2, 0) is 0 Å². The lowest BCUT2D eigenvalue weighted by Gasteiger charge is -1.92. The van der Waals surface area contributed by atoms with Crippen LogP contribution in [-0.4, -0.2) is 18.6 Å². The van der Waals surface area contributed by atoms with Gasteiger partial charge in [-0.05, 0) is 6.08 Å². The first-order valence-electron chi connectivity index (χ1n) is 2.67. The summed E-state index contributed by atoms with van der Waals surface area (Å²) >= 11 is 0. The molecule has 11 heavy (non-hydrogen) atoms. The normalized spacial score (nSPS) is 16.9. The second-order valence-electron chi connectivity index (χ2n) is 1.80. The van der Waals surface area contributed by atoms with Crippen molar-refractivity contribution in [3.8, 4) is 0 Å². The predicted octanol–water partition coefficient (Wildman–Crippen LogP) is 1.37. The van der Waals surface area contributed by atoms with E-state index in [9.17, 15) is 17.6 Å². The van der Waals surface area contributed by atoms with Crippen LogP contribution in [0.3, 0.4) is 0 Å². The van der Waals surface area contributed by atoms with Crippen LogP contribution in [0.2, 0.25) is 0 Å². The highest BCUT2D eigenvalue weighted by atomic mass is 19.3. The van der Waals surface area contributed by atoms with Crippen LogP contribution in [0.25, 0.3) is 0 Å². The van der Waals surface area contributed by atoms with Crippen molar-refractivity contribution in [2.24, 2.45) is 5.10 Å². The van der Waals surface area contributed by atoms with E-state index in [2.05, 4.69) is 10.5 Å². The van der Waals surface area contributed by atoms with Gasteiger partial charge in [-0.1, -0.05) is 0 Å². The molecule has 6 heteroatoms. The molecule has 1 rings (SSSR count). The summed E-state index contributed by atoms with van der Waals surface area (Å²) in [4.78, 5) is 0. The van der Waals surface area contributed by atoms with E-state index in [1.165, 1.54) is 0 Å². The average molecular weight is 167 g/mol. The zero-order valence-corrected chi connectivity index (χ0v) is 5.14. The van der Waals surface area contributed by atoms with Crippen LogP contribution in [0, 0.1) is 0 Å². The zero-order chi connectivity index (χ0) is 8.43. The number of rotatable bonds is 2. The van der Waals surface area contributed by atoms with Gasteiger partial charge in [0.15, 0.2) is 0 Å². The van der Waals surface area contributed by atoms with Crippen LogP contribution in [0.15, 0.2) is 16.9 Å². The summed E-state index contributed by atoms with van der Waals surface area (Å²) in [6.07, 6.45) is -5.08. The molecule has 0 aromatic carbocycles. The van der Waals surface area contributed by atoms with Crippen LogP contribution in [0.5, 0.6) is 0 Å². The van der Waals surface area contributed by atoms with E-state index in [0.717, 1.165) is 0 Å². The summed E-state index contributed by atoms with van der Waals surface area (Å²) in [5, 5.41) is 2.86. The molecule has 1 aliphatic rings. The maximum atomic E-state index is 11.7. The molecule has 0 spiro atoms. The molecule has 0 fully saturated rings. The van der Waals surface area contributed by atoms with Crippen LogP contribution in [0.1, 0.15) is 0 Å². The second kappa shape index (κ2) is 2.89. The van der Waals surface area contributed by atoms with E-state index < -0.39 is 24.3 Å². The number of hydrogen-bond acceptors (Lipinski definition) is 1. The molecule has 0 unspecified atom stereocenters. The summed E-state index contributed by atoms with van der Waals surface area (Å²) < 4.78 is 46.8. The van der Waals surface area contributed by atoms with Crippen molar-refractivity contribution in [3.63, 3.8) is 0 Å². The Bertz CT molecular complexity index is 209. The topological polar surface area (TPSA) is 26.5 Å². The van der Waals surface area contributed by atoms with Gasteiger partial charge < -0.3 is 0 Å². The molecule has 0 saturated carbocycles. The highest BCUT2D eigenvalue weighted by Crippen LogP contribution is 2.14. The fraction of sp³-hybridized carbons (Fsp3) is 0.400. The SMILES string of the molecule is FC(F)C1=CC(C(F)F)=N[N]1. The van der Waals surface area contributed by atoms with Crippen molar-refractivity contribution >= 4 is 5.71 Å². The highest BCUT2D eigenvalue weighted by molar-refractivity contribution is 5.99. The monoisotopic (exact) mass is 167 g/mol. The molecular formula is C5H3F4N2. The molecule has 0 atom stereocenters. The Morgan fingerprint density at radius 3 is 2.00 bits per heavy atom. The standard InChI is InChI=1S/C5H3F4N2/c6-4(7)2-1-3(5(8)9)11-10-2/h1,4-5H. The molecule has 0 saturated heterocycles. The Kier molecular flexibility index (Phi) is 2.11. The lowest BCUT2D eigenvalue weighted by Crippen LogP contribution is -2.04. The molecule has 0 aromatic rings. The molecule has 2 nitrogen and oxygen atoms in total. The van der Waals surface area contributed by atoms with E-state index in [1.807, 2.05) is 0 Å². The molecule has 0 aromatic heterocycles. The Labute approximate surface area is 59.6 Å². The van der Waals surface area contributed by atoms with Crippen LogP contribution < -0.4 is 5.43 Å². The molecule has 1 aliphatic heterocycles. The smallest absolute Gasteiger partial charge is 0.203 e. The first-order valence-corrected chi connectivity index (χ1v) is 2.67. The van der Waals surface area contributed by atoms with Crippen LogP contribution >= 0.6 is 0 Å². The largest absolute Gasteiger partial charge is 0.282 e. The van der Waals surface area contributed by atoms with Gasteiger partial charge in [0, 0.05) is 0 Å². The van der Waals surface area contributed by atoms with Crippen molar-refractivity contribution in [2.45, 2.75) is 12.9 Å². The third-order valence-corrected chi connectivity index (χ3v) is 1.02. The fourth-order valence-electron chi connectivity index (χ4n) is 0.538. The van der Waals surface area contributed by atoms with E-state index in [1.54, 1.807) is 0 Å². The number of nitrogens with zero attached hydrogens (tertiary/aromatic N) is 2. The van der Waals surface area contributed by atoms with E-state index in [0.29, 0.717) is 6.08 Å². The average Bonchev–Trinajstić information content (AvgIpc) is 2.33. The van der Waals surface area contributed by atoms with E-state index in [4.69, 9.17) is 0 Å². The van der Waals surface area contributed by atoms with Crippen molar-refractivity contribution in [1.29, 1.82) is 0 Å². The molecule has 61 valence electrons. The quantitative estimate of drug-likeness (QED) is 0.555. The molecule has 0 aliphatic carbocycles. The number of allylic oxidation sites excluding steroid dienone is 2. The first kappa shape index (κ1) is 8.03. The Balaban J connectivity index is 2.63. The fourth-order valence-corrected chi connectivity index (χ4v) is 0.538. The maximum absolute atomic E-state index is 11.7. The molecular weight excluding hydrogens is 164 g/mol. The van der Waals surface area contributed by atoms with Crippen molar-refractivity contribution < 1.29 is 17.6 Å². The number of halogens is 4. The van der Waals surface area contributed by atoms with Gasteiger partial charge >= 0.3 is 0 Å². The van der Waals surface area contributed by atoms with Gasteiger partial charge in [0.2, 0.25) is 0 Å². The molecule has 0 amide bonds. The summed E-state index contributed by atoms with van der Waals surface area (Å²) in [6, 6.07) is 0. The molecule has 0 bridgehead atoms. The second-order valence-corrected chi connectivity index (χ2v) is 1.80. The highest BCUT2D eigenvalue weighted by Gasteiger charge is 2.23. The minimum atomic E-state index is -2.84. The number of alkyl halides is 4. The predicted molar refractivity (Wildman–Crippen MR) is 29.7 cm³/mol. The summed E-state index contributed by atoms with van der Waals surface area (Å²) in [7, 11) is 0. The van der Waals surface area contributed by atoms with Crippen molar-refractivity contribution in [1.82, 2.24) is 5.43 Å². The van der Waals surface area contributed by atoms with E-state index >= 15 is 0 Å². The molecule has 1 radical (unpaired) electrons. The van der Waals surface area contributed by atoms with Gasteiger partial charge in [-0.15, -0.1) is 10.5 Å². The summed E-state index contributed by atoms with van der Waals surface area (Å²) in [5.74, 6) is 0. The molecule has 1 heterocycles. The Morgan fingerprint density at radius 2 is 1.73 bits per heavy atom. The lowest BCUT2D eigenvalue weighted by atomic mass is 10.3. The third-order valence-electron chi connectivity index (χ3n) is 1.02. The minimum Gasteiger partial charge on any atom is -0.203 e. The maximum Gasteiger partial charge on any atom is 0.282 e. The first-order chi connectivity index (χ1) is 5.11. The summed E-state index contributed by atoms with van der Waals surface area (Å²) in [6.45, 7) is 0. The minimum absolute atomic E-state index is 0.593. The Morgan fingerprint density at radius 1 is 1.09 bits per heavy atom. The van der Waals surface area contributed by atoms with Crippen molar-refractivity contribution in [3.05, 3.63) is 11.8 Å². The molecule has 0 N–H and O–H groups in total. The third kappa shape index (κ3) is 1.69. The van der Waals surface area contributed by atoms with Gasteiger partial charge in [0.05, 0.1) is 0 Å². The zero-order valence-electron chi connectivity index (χ0n) is 5.14. The van der Waals surface area contributed by atoms with Crippen LogP contribution in [0.4, 0.5) is 17.6 Å². The lowest BCUT2D eigenvalue weighted by molar-refractivity contribution is 0.181. The number of hydrogen-bond donors (Lipinski definition) is 0. The van der Waals surface area contributed by atoms with Gasteiger partial charge in [0.25, 0.3) is 12.9 Å². The van der Waals surface area contributed by atoms with Gasteiger partial charge in [0.1, 0.15) is 11.4 Å². The van der Waals surface area contributed by atoms with Gasteiger partial charge in [-0.25, -0.2) is 17.6 Å². The van der Waals surface area contributed by atoms with Gasteiger partial charge in [-0.2, -0.15) is 0 Å².